The fraction of sp³-hybridized carbons (Fsp3) is 0.353. The first-order valence-electron chi connectivity index (χ1n) is 7.62. The van der Waals surface area contributed by atoms with Crippen LogP contribution in [0.4, 0.5) is 0 Å². The Balaban J connectivity index is 1.83. The topological polar surface area (TPSA) is 50.6 Å². The average molecular weight is 369 g/mol. The summed E-state index contributed by atoms with van der Waals surface area (Å²) in [6.45, 7) is 1.35. The van der Waals surface area contributed by atoms with Gasteiger partial charge in [0, 0.05) is 26.3 Å². The third-order valence-corrected chi connectivity index (χ3v) is 4.56. The van der Waals surface area contributed by atoms with Crippen LogP contribution in [0.5, 0.6) is 5.75 Å². The number of nitrogens with one attached hydrogen (secondary N) is 2. The molecule has 5 nitrogen and oxygen atoms in total. The van der Waals surface area contributed by atoms with Crippen LogP contribution in [0.1, 0.15) is 11.3 Å². The van der Waals surface area contributed by atoms with Crippen LogP contribution in [0.15, 0.2) is 35.3 Å². The number of guanidine groups is 1. The van der Waals surface area contributed by atoms with Gasteiger partial charge in [-0.25, -0.2) is 0 Å². The van der Waals surface area contributed by atoms with Gasteiger partial charge in [-0.3, -0.25) is 4.99 Å². The molecule has 0 spiro atoms. The van der Waals surface area contributed by atoms with Crippen LogP contribution in [-0.2, 0) is 20.0 Å². The van der Waals surface area contributed by atoms with Gasteiger partial charge >= 0.3 is 0 Å². The summed E-state index contributed by atoms with van der Waals surface area (Å²) in [5.41, 5.74) is 2.19. The van der Waals surface area contributed by atoms with Crippen molar-refractivity contribution in [2.75, 3.05) is 20.7 Å². The molecule has 1 aromatic heterocycles. The van der Waals surface area contributed by atoms with Crippen molar-refractivity contribution in [1.82, 2.24) is 15.2 Å². The molecule has 0 aliphatic heterocycles. The van der Waals surface area contributed by atoms with Crippen molar-refractivity contribution in [3.05, 3.63) is 51.8 Å². The molecule has 130 valence electrons. The summed E-state index contributed by atoms with van der Waals surface area (Å²) < 4.78 is 7.08. The summed E-state index contributed by atoms with van der Waals surface area (Å²) in [7, 11) is 5.29. The van der Waals surface area contributed by atoms with E-state index in [9.17, 15) is 0 Å². The average Bonchev–Trinajstić information content (AvgIpc) is 2.85. The molecule has 1 heterocycles. The van der Waals surface area contributed by atoms with Crippen LogP contribution in [0.25, 0.3) is 0 Å². The standard InChI is InChI=1S/C17H22Cl2N4O/c1-20-17(22-11-13-10-15(18)16(19)23(13)2)21-8-7-12-5-4-6-14(9-12)24-3/h4-6,9-10H,7-8,11H2,1-3H3,(H2,20,21,22). The van der Waals surface area contributed by atoms with Gasteiger partial charge in [-0.15, -0.1) is 0 Å². The molecule has 0 bridgehead atoms. The number of methoxy groups -OCH3 is 1. The molecule has 0 aliphatic carbocycles. The lowest BCUT2D eigenvalue weighted by Gasteiger charge is -2.12. The monoisotopic (exact) mass is 368 g/mol. The van der Waals surface area contributed by atoms with E-state index in [1.165, 1.54) is 5.56 Å². The van der Waals surface area contributed by atoms with Crippen LogP contribution in [0, 0.1) is 0 Å². The van der Waals surface area contributed by atoms with Gasteiger partial charge in [-0.1, -0.05) is 35.3 Å². The van der Waals surface area contributed by atoms with Crippen LogP contribution in [0.3, 0.4) is 0 Å². The van der Waals surface area contributed by atoms with E-state index in [4.69, 9.17) is 27.9 Å². The molecule has 0 atom stereocenters. The Kier molecular flexibility index (Phi) is 6.82. The van der Waals surface area contributed by atoms with E-state index >= 15 is 0 Å². The van der Waals surface area contributed by atoms with Crippen molar-refractivity contribution in [3.63, 3.8) is 0 Å². The van der Waals surface area contributed by atoms with E-state index in [0.717, 1.165) is 30.4 Å². The molecule has 24 heavy (non-hydrogen) atoms. The lowest BCUT2D eigenvalue weighted by Crippen LogP contribution is -2.38. The van der Waals surface area contributed by atoms with Gasteiger partial charge in [0.05, 0.1) is 18.7 Å². The molecule has 2 rings (SSSR count). The Morgan fingerprint density at radius 2 is 2.04 bits per heavy atom. The highest BCUT2D eigenvalue weighted by atomic mass is 35.5. The number of rotatable bonds is 6. The Bertz CT molecular complexity index is 713. The Morgan fingerprint density at radius 3 is 2.67 bits per heavy atom. The molecule has 2 aromatic rings. The maximum Gasteiger partial charge on any atom is 0.191 e. The normalized spacial score (nSPS) is 11.5. The Hall–Kier alpha value is -1.85. The third-order valence-electron chi connectivity index (χ3n) is 3.72. The van der Waals surface area contributed by atoms with Gasteiger partial charge in [0.15, 0.2) is 5.96 Å². The highest BCUT2D eigenvalue weighted by Gasteiger charge is 2.09. The molecule has 0 unspecified atom stereocenters. The zero-order chi connectivity index (χ0) is 17.5. The summed E-state index contributed by atoms with van der Waals surface area (Å²) in [5.74, 6) is 1.60. The first-order chi connectivity index (χ1) is 11.5. The molecule has 0 saturated heterocycles. The fourth-order valence-electron chi connectivity index (χ4n) is 2.31. The minimum Gasteiger partial charge on any atom is -0.497 e. The quantitative estimate of drug-likeness (QED) is 0.607. The Morgan fingerprint density at radius 1 is 1.25 bits per heavy atom. The summed E-state index contributed by atoms with van der Waals surface area (Å²) in [6.07, 6.45) is 0.875. The number of halogens is 2. The van der Waals surface area contributed by atoms with Crippen LogP contribution < -0.4 is 15.4 Å². The molecule has 1 aromatic carbocycles. The largest absolute Gasteiger partial charge is 0.497 e. The van der Waals surface area contributed by atoms with Crippen molar-refractivity contribution >= 4 is 29.2 Å². The Labute approximate surface area is 152 Å². The van der Waals surface area contributed by atoms with Crippen molar-refractivity contribution in [3.8, 4) is 5.75 Å². The lowest BCUT2D eigenvalue weighted by atomic mass is 10.1. The first kappa shape index (κ1) is 18.5. The molecule has 0 saturated carbocycles. The predicted octanol–water partition coefficient (Wildman–Crippen LogP) is 3.25. The van der Waals surface area contributed by atoms with Gasteiger partial charge in [-0.2, -0.15) is 0 Å². The van der Waals surface area contributed by atoms with Crippen LogP contribution >= 0.6 is 23.2 Å². The number of nitrogens with zero attached hydrogens (tertiary/aromatic N) is 2. The van der Waals surface area contributed by atoms with Gasteiger partial charge in [0.2, 0.25) is 0 Å². The number of benzene rings is 1. The van der Waals surface area contributed by atoms with Crippen LogP contribution in [-0.4, -0.2) is 31.2 Å². The summed E-state index contributed by atoms with van der Waals surface area (Å²) >= 11 is 12.1. The van der Waals surface area contributed by atoms with Crippen molar-refractivity contribution in [2.45, 2.75) is 13.0 Å². The second-order valence-electron chi connectivity index (χ2n) is 5.29. The molecule has 0 fully saturated rings. The maximum absolute atomic E-state index is 6.07. The van der Waals surface area contributed by atoms with E-state index in [-0.39, 0.29) is 0 Å². The molecule has 0 radical (unpaired) electrons. The number of hydrogen-bond acceptors (Lipinski definition) is 2. The number of ether oxygens (including phenoxy) is 1. The fourth-order valence-corrected chi connectivity index (χ4v) is 2.72. The van der Waals surface area contributed by atoms with Gasteiger partial charge in [0.25, 0.3) is 0 Å². The van der Waals surface area contributed by atoms with Crippen molar-refractivity contribution in [1.29, 1.82) is 0 Å². The number of aromatic nitrogens is 1. The number of hydrogen-bond donors (Lipinski definition) is 2. The maximum atomic E-state index is 6.07. The SMILES string of the molecule is CN=C(NCCc1cccc(OC)c1)NCc1cc(Cl)c(Cl)n1C. The molecule has 0 aliphatic rings. The van der Waals surface area contributed by atoms with Crippen molar-refractivity contribution in [2.24, 2.45) is 12.0 Å². The third kappa shape index (κ3) is 4.82. The van der Waals surface area contributed by atoms with Gasteiger partial charge in [0.1, 0.15) is 10.9 Å². The summed E-state index contributed by atoms with van der Waals surface area (Å²) in [5, 5.41) is 7.63. The van der Waals surface area contributed by atoms with E-state index in [1.807, 2.05) is 35.9 Å². The van der Waals surface area contributed by atoms with Gasteiger partial charge in [-0.05, 0) is 30.2 Å². The van der Waals surface area contributed by atoms with Gasteiger partial charge < -0.3 is 19.9 Å². The molecular formula is C17H22Cl2N4O. The van der Waals surface area contributed by atoms with E-state index in [1.54, 1.807) is 14.2 Å². The smallest absolute Gasteiger partial charge is 0.191 e. The summed E-state index contributed by atoms with van der Waals surface area (Å²) in [4.78, 5) is 4.22. The molecular weight excluding hydrogens is 347 g/mol. The molecule has 0 amide bonds. The van der Waals surface area contributed by atoms with E-state index < -0.39 is 0 Å². The molecule has 7 heteroatoms. The van der Waals surface area contributed by atoms with E-state index in [0.29, 0.717) is 16.7 Å². The minimum atomic E-state index is 0.537. The minimum absolute atomic E-state index is 0.537. The predicted molar refractivity (Wildman–Crippen MR) is 100 cm³/mol. The zero-order valence-electron chi connectivity index (χ0n) is 14.1. The summed E-state index contributed by atoms with van der Waals surface area (Å²) in [6, 6.07) is 9.89. The highest BCUT2D eigenvalue weighted by molar-refractivity contribution is 6.41. The zero-order valence-corrected chi connectivity index (χ0v) is 15.6. The second kappa shape index (κ2) is 8.85. The second-order valence-corrected chi connectivity index (χ2v) is 6.05. The van der Waals surface area contributed by atoms with Crippen molar-refractivity contribution < 1.29 is 4.74 Å². The van der Waals surface area contributed by atoms with Crippen LogP contribution in [0.2, 0.25) is 10.2 Å². The van der Waals surface area contributed by atoms with E-state index in [2.05, 4.69) is 21.7 Å². The number of aliphatic imine (C=N–C) groups is 1. The molecule has 2 N–H and O–H groups in total. The highest BCUT2D eigenvalue weighted by Crippen LogP contribution is 2.24. The first-order valence-corrected chi connectivity index (χ1v) is 8.37. The lowest BCUT2D eigenvalue weighted by molar-refractivity contribution is 0.414.